The molecular weight excluding hydrogens is 448 g/mol. The minimum absolute atomic E-state index is 0.0666. The molecule has 3 aromatic rings. The highest BCUT2D eigenvalue weighted by atomic mass is 32.2. The third-order valence-electron chi connectivity index (χ3n) is 6.89. The smallest absolute Gasteiger partial charge is 0.244 e. The van der Waals surface area contributed by atoms with E-state index in [0.717, 1.165) is 36.1 Å². The van der Waals surface area contributed by atoms with Crippen molar-refractivity contribution in [3.05, 3.63) is 78.0 Å². The second-order valence-corrected chi connectivity index (χ2v) is 11.4. The highest BCUT2D eigenvalue weighted by molar-refractivity contribution is 7.91. The lowest BCUT2D eigenvalue weighted by Gasteiger charge is -2.40. The Balaban J connectivity index is 1.27. The summed E-state index contributed by atoms with van der Waals surface area (Å²) in [5, 5.41) is 1.14. The van der Waals surface area contributed by atoms with Gasteiger partial charge in [0.2, 0.25) is 5.91 Å². The van der Waals surface area contributed by atoms with Crippen LogP contribution in [0.3, 0.4) is 0 Å². The van der Waals surface area contributed by atoms with Crippen molar-refractivity contribution < 1.29 is 13.2 Å². The van der Waals surface area contributed by atoms with Gasteiger partial charge >= 0.3 is 0 Å². The van der Waals surface area contributed by atoms with Crippen LogP contribution in [0.4, 0.5) is 0 Å². The summed E-state index contributed by atoms with van der Waals surface area (Å²) in [6.07, 6.45) is 1.83. The molecule has 8 heteroatoms. The third-order valence-corrected chi connectivity index (χ3v) is 8.50. The number of rotatable bonds is 5. The van der Waals surface area contributed by atoms with Gasteiger partial charge in [0.05, 0.1) is 17.0 Å². The number of hydrogen-bond donors (Lipinski definition) is 0. The van der Waals surface area contributed by atoms with Crippen molar-refractivity contribution in [2.75, 3.05) is 50.8 Å². The Morgan fingerprint density at radius 1 is 0.853 bits per heavy atom. The molecule has 0 N–H and O–H groups in total. The van der Waals surface area contributed by atoms with Crippen LogP contribution < -0.4 is 0 Å². The Hall–Kier alpha value is -2.81. The number of nitrogens with zero attached hydrogens (tertiary/aromatic N) is 4. The first-order valence-corrected chi connectivity index (χ1v) is 13.7. The van der Waals surface area contributed by atoms with Crippen molar-refractivity contribution >= 4 is 26.6 Å². The van der Waals surface area contributed by atoms with E-state index in [2.05, 4.69) is 34.1 Å². The minimum Gasteiger partial charge on any atom is -0.338 e. The summed E-state index contributed by atoms with van der Waals surface area (Å²) < 4.78 is 23.9. The lowest BCUT2D eigenvalue weighted by atomic mass is 10.0. The van der Waals surface area contributed by atoms with Gasteiger partial charge in [0, 0.05) is 57.4 Å². The molecule has 1 atom stereocenters. The van der Waals surface area contributed by atoms with Crippen molar-refractivity contribution in [3.63, 3.8) is 0 Å². The number of amides is 1. The fourth-order valence-electron chi connectivity index (χ4n) is 4.96. The van der Waals surface area contributed by atoms with Crippen LogP contribution in [0, 0.1) is 0 Å². The number of carbonyl (C=O) groups is 1. The molecule has 1 amide bonds. The molecule has 2 fully saturated rings. The van der Waals surface area contributed by atoms with Gasteiger partial charge in [-0.3, -0.25) is 19.6 Å². The number of benzene rings is 2. The van der Waals surface area contributed by atoms with E-state index in [-0.39, 0.29) is 17.4 Å². The monoisotopic (exact) mass is 478 g/mol. The largest absolute Gasteiger partial charge is 0.338 e. The SMILES string of the molecule is O=C(C(c1ccccc1)N1CCS(=O)(=O)CC1)N1CCN(Cc2cccc3cccnc23)CC1. The summed E-state index contributed by atoms with van der Waals surface area (Å²) in [5.74, 6) is 0.282. The van der Waals surface area contributed by atoms with Gasteiger partial charge in [0.15, 0.2) is 9.84 Å². The van der Waals surface area contributed by atoms with Crippen LogP contribution in [-0.4, -0.2) is 84.8 Å². The third kappa shape index (κ3) is 4.99. The van der Waals surface area contributed by atoms with Crippen LogP contribution in [0.2, 0.25) is 0 Å². The first-order chi connectivity index (χ1) is 16.5. The zero-order valence-corrected chi connectivity index (χ0v) is 20.0. The molecule has 2 saturated heterocycles. The molecule has 0 aliphatic carbocycles. The number of para-hydroxylation sites is 1. The van der Waals surface area contributed by atoms with E-state index >= 15 is 0 Å². The maximum atomic E-state index is 13.7. The standard InChI is InChI=1S/C26H30N4O3S/c31-26(25(22-6-2-1-3-7-22)29-16-18-34(32,33)19-17-29)30-14-12-28(13-15-30)20-23-9-4-8-21-10-5-11-27-24(21)23/h1-11,25H,12-20H2. The molecule has 2 aliphatic rings. The first-order valence-electron chi connectivity index (χ1n) is 11.8. The van der Waals surface area contributed by atoms with E-state index in [1.807, 2.05) is 52.4 Å². The van der Waals surface area contributed by atoms with Gasteiger partial charge in [-0.1, -0.05) is 54.6 Å². The molecule has 178 valence electrons. The van der Waals surface area contributed by atoms with Crippen molar-refractivity contribution in [2.45, 2.75) is 12.6 Å². The van der Waals surface area contributed by atoms with Crippen molar-refractivity contribution in [1.82, 2.24) is 19.7 Å². The van der Waals surface area contributed by atoms with Crippen LogP contribution >= 0.6 is 0 Å². The lowest BCUT2D eigenvalue weighted by Crippen LogP contribution is -2.53. The maximum Gasteiger partial charge on any atom is 0.244 e. The van der Waals surface area contributed by atoms with Crippen molar-refractivity contribution in [3.8, 4) is 0 Å². The van der Waals surface area contributed by atoms with Gasteiger partial charge in [0.25, 0.3) is 0 Å². The second-order valence-electron chi connectivity index (χ2n) is 9.09. The molecule has 2 aliphatic heterocycles. The van der Waals surface area contributed by atoms with E-state index in [0.29, 0.717) is 26.2 Å². The maximum absolute atomic E-state index is 13.7. The van der Waals surface area contributed by atoms with Gasteiger partial charge in [-0.15, -0.1) is 0 Å². The second kappa shape index (κ2) is 9.82. The topological polar surface area (TPSA) is 73.8 Å². The summed E-state index contributed by atoms with van der Waals surface area (Å²) >= 11 is 0. The number of hydrogen-bond acceptors (Lipinski definition) is 6. The van der Waals surface area contributed by atoms with Gasteiger partial charge in [0.1, 0.15) is 6.04 Å². The van der Waals surface area contributed by atoms with Gasteiger partial charge < -0.3 is 4.90 Å². The predicted octanol–water partition coefficient (Wildman–Crippen LogP) is 2.35. The molecule has 3 heterocycles. The Labute approximate surface area is 200 Å². The summed E-state index contributed by atoms with van der Waals surface area (Å²) in [6, 6.07) is 19.6. The van der Waals surface area contributed by atoms with Gasteiger partial charge in [-0.05, 0) is 17.2 Å². The predicted molar refractivity (Wildman–Crippen MR) is 133 cm³/mol. The molecule has 1 unspecified atom stereocenters. The highest BCUT2D eigenvalue weighted by Gasteiger charge is 2.35. The van der Waals surface area contributed by atoms with E-state index in [9.17, 15) is 13.2 Å². The molecule has 2 aromatic carbocycles. The zero-order valence-electron chi connectivity index (χ0n) is 19.2. The number of aromatic nitrogens is 1. The molecule has 0 saturated carbocycles. The highest BCUT2D eigenvalue weighted by Crippen LogP contribution is 2.26. The van der Waals surface area contributed by atoms with Gasteiger partial charge in [-0.25, -0.2) is 8.42 Å². The summed E-state index contributed by atoms with van der Waals surface area (Å²) in [5.41, 5.74) is 3.17. The van der Waals surface area contributed by atoms with E-state index < -0.39 is 15.9 Å². The molecular formula is C26H30N4O3S. The lowest BCUT2D eigenvalue weighted by molar-refractivity contribution is -0.139. The number of fused-ring (bicyclic) bond motifs is 1. The van der Waals surface area contributed by atoms with E-state index in [1.165, 1.54) is 5.56 Å². The molecule has 0 bridgehead atoms. The zero-order chi connectivity index (χ0) is 23.5. The Bertz CT molecular complexity index is 1240. The number of pyridine rings is 1. The fraction of sp³-hybridized carbons (Fsp3) is 0.385. The van der Waals surface area contributed by atoms with Crippen molar-refractivity contribution in [1.29, 1.82) is 0 Å². The quantitative estimate of drug-likeness (QED) is 0.561. The molecule has 1 aromatic heterocycles. The normalized spacial score (nSPS) is 20.3. The van der Waals surface area contributed by atoms with E-state index in [1.54, 1.807) is 0 Å². The average Bonchev–Trinajstić information content (AvgIpc) is 2.86. The fourth-order valence-corrected chi connectivity index (χ4v) is 6.19. The molecule has 0 spiro atoms. The molecule has 5 rings (SSSR count). The summed E-state index contributed by atoms with van der Waals surface area (Å²) in [7, 11) is -3.01. The Morgan fingerprint density at radius 2 is 1.56 bits per heavy atom. The number of piperazine rings is 1. The van der Waals surface area contributed by atoms with Crippen molar-refractivity contribution in [2.24, 2.45) is 0 Å². The first kappa shape index (κ1) is 23.0. The average molecular weight is 479 g/mol. The number of sulfone groups is 1. The Kier molecular flexibility index (Phi) is 6.63. The van der Waals surface area contributed by atoms with Crippen LogP contribution in [0.25, 0.3) is 10.9 Å². The van der Waals surface area contributed by atoms with Crippen LogP contribution in [0.15, 0.2) is 66.9 Å². The van der Waals surface area contributed by atoms with Gasteiger partial charge in [-0.2, -0.15) is 0 Å². The van der Waals surface area contributed by atoms with Crippen LogP contribution in [-0.2, 0) is 21.2 Å². The molecule has 34 heavy (non-hydrogen) atoms. The van der Waals surface area contributed by atoms with E-state index in [4.69, 9.17) is 0 Å². The Morgan fingerprint density at radius 3 is 2.29 bits per heavy atom. The number of carbonyl (C=O) groups excluding carboxylic acids is 1. The molecule has 7 nitrogen and oxygen atoms in total. The minimum atomic E-state index is -3.01. The summed E-state index contributed by atoms with van der Waals surface area (Å²) in [4.78, 5) is 24.6. The summed E-state index contributed by atoms with van der Waals surface area (Å²) in [6.45, 7) is 4.50. The van der Waals surface area contributed by atoms with Crippen LogP contribution in [0.5, 0.6) is 0 Å². The molecule has 0 radical (unpaired) electrons. The van der Waals surface area contributed by atoms with Crippen LogP contribution in [0.1, 0.15) is 17.2 Å².